The molecule has 0 heterocycles. The van der Waals surface area contributed by atoms with Gasteiger partial charge in [0.05, 0.1) is 6.61 Å². The number of ether oxygens (including phenoxy) is 1. The van der Waals surface area contributed by atoms with Gasteiger partial charge in [-0.1, -0.05) is 37.8 Å². The molecule has 0 amide bonds. The Hall–Kier alpha value is -1.06. The summed E-state index contributed by atoms with van der Waals surface area (Å²) < 4.78 is 5.49. The molecule has 0 spiro atoms. The van der Waals surface area contributed by atoms with E-state index in [1.807, 2.05) is 19.1 Å². The third kappa shape index (κ3) is 4.50. The van der Waals surface area contributed by atoms with Gasteiger partial charge in [0.15, 0.2) is 0 Å². The summed E-state index contributed by atoms with van der Waals surface area (Å²) in [6.45, 7) is 3.36. The monoisotopic (exact) mass is 276 g/mol. The molecule has 1 aromatic rings. The molecule has 1 unspecified atom stereocenters. The molecule has 112 valence electrons. The molecule has 3 heteroatoms. The van der Waals surface area contributed by atoms with Gasteiger partial charge in [0.25, 0.3) is 0 Å². The van der Waals surface area contributed by atoms with Crippen LogP contribution in [0.25, 0.3) is 0 Å². The molecular weight excluding hydrogens is 248 g/mol. The fraction of sp³-hybridized carbons (Fsp3) is 0.647. The van der Waals surface area contributed by atoms with Gasteiger partial charge in [-0.25, -0.2) is 0 Å². The third-order valence-electron chi connectivity index (χ3n) is 4.12. The zero-order chi connectivity index (χ0) is 14.2. The summed E-state index contributed by atoms with van der Waals surface area (Å²) in [5.74, 6) is 0.932. The lowest BCUT2D eigenvalue weighted by molar-refractivity contribution is 0.340. The second-order valence-corrected chi connectivity index (χ2v) is 5.65. The summed E-state index contributed by atoms with van der Waals surface area (Å²) >= 11 is 0. The maximum atomic E-state index is 5.96. The Morgan fingerprint density at radius 3 is 2.35 bits per heavy atom. The second-order valence-electron chi connectivity index (χ2n) is 5.65. The molecule has 3 nitrogen and oxygen atoms in total. The molecule has 0 aliphatic heterocycles. The lowest BCUT2D eigenvalue weighted by Gasteiger charge is -2.24. The van der Waals surface area contributed by atoms with Crippen molar-refractivity contribution in [3.63, 3.8) is 0 Å². The molecular formula is C17H28N2O. The van der Waals surface area contributed by atoms with Crippen molar-refractivity contribution in [2.45, 2.75) is 57.5 Å². The maximum absolute atomic E-state index is 5.96. The molecule has 2 rings (SSSR count). The van der Waals surface area contributed by atoms with Crippen molar-refractivity contribution < 1.29 is 4.74 Å². The topological polar surface area (TPSA) is 47.3 Å². The van der Waals surface area contributed by atoms with Crippen LogP contribution in [0.1, 0.15) is 57.1 Å². The normalized spacial score (nSPS) is 18.5. The molecule has 3 N–H and O–H groups in total. The highest BCUT2D eigenvalue weighted by Crippen LogP contribution is 2.22. The highest BCUT2D eigenvalue weighted by molar-refractivity contribution is 5.29. The Morgan fingerprint density at radius 2 is 1.80 bits per heavy atom. The van der Waals surface area contributed by atoms with Gasteiger partial charge in [0, 0.05) is 18.6 Å². The van der Waals surface area contributed by atoms with Crippen LogP contribution in [0.3, 0.4) is 0 Å². The third-order valence-corrected chi connectivity index (χ3v) is 4.12. The number of hydrogen-bond acceptors (Lipinski definition) is 3. The van der Waals surface area contributed by atoms with Crippen molar-refractivity contribution in [2.75, 3.05) is 13.2 Å². The summed E-state index contributed by atoms with van der Waals surface area (Å²) in [7, 11) is 0. The van der Waals surface area contributed by atoms with Gasteiger partial charge in [-0.15, -0.1) is 0 Å². The first-order valence-corrected chi connectivity index (χ1v) is 8.02. The molecule has 1 atom stereocenters. The molecule has 0 radical (unpaired) electrons. The predicted octanol–water partition coefficient (Wildman–Crippen LogP) is 3.40. The Bertz CT molecular complexity index is 369. The smallest absolute Gasteiger partial charge is 0.119 e. The van der Waals surface area contributed by atoms with E-state index in [-0.39, 0.29) is 6.04 Å². The number of nitrogens with one attached hydrogen (secondary N) is 1. The average Bonchev–Trinajstić information content (AvgIpc) is 2.75. The average molecular weight is 276 g/mol. The van der Waals surface area contributed by atoms with E-state index in [0.29, 0.717) is 19.2 Å². The molecule has 1 saturated carbocycles. The van der Waals surface area contributed by atoms with Crippen LogP contribution in [0.2, 0.25) is 0 Å². The zero-order valence-corrected chi connectivity index (χ0v) is 12.6. The van der Waals surface area contributed by atoms with Crippen molar-refractivity contribution >= 4 is 0 Å². The van der Waals surface area contributed by atoms with Gasteiger partial charge >= 0.3 is 0 Å². The molecule has 1 aromatic carbocycles. The summed E-state index contributed by atoms with van der Waals surface area (Å²) in [6.07, 6.45) is 8.03. The number of nitrogens with two attached hydrogens (primary N) is 1. The summed E-state index contributed by atoms with van der Waals surface area (Å²) in [4.78, 5) is 0. The second kappa shape index (κ2) is 8.28. The van der Waals surface area contributed by atoms with Gasteiger partial charge in [0.1, 0.15) is 5.75 Å². The first-order chi connectivity index (χ1) is 9.83. The SMILES string of the molecule is CCOc1ccc(C(CN)NC2CCCCCC2)cc1. The first-order valence-electron chi connectivity index (χ1n) is 8.02. The van der Waals surface area contributed by atoms with Gasteiger partial charge in [-0.3, -0.25) is 0 Å². The Kier molecular flexibility index (Phi) is 6.34. The molecule has 0 saturated heterocycles. The molecule has 1 aliphatic carbocycles. The van der Waals surface area contributed by atoms with E-state index in [4.69, 9.17) is 10.5 Å². The van der Waals surface area contributed by atoms with Gasteiger partial charge in [-0.2, -0.15) is 0 Å². The van der Waals surface area contributed by atoms with Crippen molar-refractivity contribution in [1.29, 1.82) is 0 Å². The van der Waals surface area contributed by atoms with Crippen LogP contribution in [0.15, 0.2) is 24.3 Å². The number of hydrogen-bond donors (Lipinski definition) is 2. The van der Waals surface area contributed by atoms with E-state index in [1.165, 1.54) is 44.1 Å². The lowest BCUT2D eigenvalue weighted by atomic mass is 10.0. The number of benzene rings is 1. The Morgan fingerprint density at radius 1 is 1.15 bits per heavy atom. The van der Waals surface area contributed by atoms with Crippen LogP contribution >= 0.6 is 0 Å². The maximum Gasteiger partial charge on any atom is 0.119 e. The zero-order valence-electron chi connectivity index (χ0n) is 12.6. The summed E-state index contributed by atoms with van der Waals surface area (Å²) in [5.41, 5.74) is 7.23. The summed E-state index contributed by atoms with van der Waals surface area (Å²) in [6, 6.07) is 9.22. The van der Waals surface area contributed by atoms with Crippen LogP contribution in [0.5, 0.6) is 5.75 Å². The van der Waals surface area contributed by atoms with E-state index in [0.717, 1.165) is 5.75 Å². The van der Waals surface area contributed by atoms with Crippen molar-refractivity contribution in [3.8, 4) is 5.75 Å². The summed E-state index contributed by atoms with van der Waals surface area (Å²) in [5, 5.41) is 3.75. The van der Waals surface area contributed by atoms with E-state index in [9.17, 15) is 0 Å². The van der Waals surface area contributed by atoms with Gasteiger partial charge < -0.3 is 15.8 Å². The molecule has 1 fully saturated rings. The Labute approximate surface area is 122 Å². The largest absolute Gasteiger partial charge is 0.494 e. The molecule has 0 bridgehead atoms. The molecule has 1 aliphatic rings. The van der Waals surface area contributed by atoms with Gasteiger partial charge in [-0.05, 0) is 37.5 Å². The fourth-order valence-electron chi connectivity index (χ4n) is 2.99. The molecule has 0 aromatic heterocycles. The standard InChI is InChI=1S/C17H28N2O/c1-2-20-16-11-9-14(10-12-16)17(13-18)19-15-7-5-3-4-6-8-15/h9-12,15,17,19H,2-8,13,18H2,1H3. The quantitative estimate of drug-likeness (QED) is 0.783. The Balaban J connectivity index is 1.95. The van der Waals surface area contributed by atoms with E-state index < -0.39 is 0 Å². The van der Waals surface area contributed by atoms with Crippen LogP contribution in [0.4, 0.5) is 0 Å². The van der Waals surface area contributed by atoms with Crippen LogP contribution < -0.4 is 15.8 Å². The highest BCUT2D eigenvalue weighted by Gasteiger charge is 2.17. The van der Waals surface area contributed by atoms with Crippen molar-refractivity contribution in [1.82, 2.24) is 5.32 Å². The van der Waals surface area contributed by atoms with Crippen LogP contribution in [0, 0.1) is 0 Å². The highest BCUT2D eigenvalue weighted by atomic mass is 16.5. The minimum atomic E-state index is 0.258. The van der Waals surface area contributed by atoms with E-state index >= 15 is 0 Å². The van der Waals surface area contributed by atoms with E-state index in [2.05, 4.69) is 17.4 Å². The number of rotatable bonds is 6. The first kappa shape index (κ1) is 15.3. The minimum absolute atomic E-state index is 0.258. The van der Waals surface area contributed by atoms with Crippen LogP contribution in [-0.2, 0) is 0 Å². The minimum Gasteiger partial charge on any atom is -0.494 e. The van der Waals surface area contributed by atoms with Crippen molar-refractivity contribution in [2.24, 2.45) is 5.73 Å². The predicted molar refractivity (Wildman–Crippen MR) is 84.0 cm³/mol. The van der Waals surface area contributed by atoms with Crippen molar-refractivity contribution in [3.05, 3.63) is 29.8 Å². The van der Waals surface area contributed by atoms with E-state index in [1.54, 1.807) is 0 Å². The van der Waals surface area contributed by atoms with Crippen LogP contribution in [-0.4, -0.2) is 19.2 Å². The lowest BCUT2D eigenvalue weighted by Crippen LogP contribution is -2.36. The van der Waals surface area contributed by atoms with Gasteiger partial charge in [0.2, 0.25) is 0 Å². The molecule has 20 heavy (non-hydrogen) atoms. The fourth-order valence-corrected chi connectivity index (χ4v) is 2.99.